The van der Waals surface area contributed by atoms with Gasteiger partial charge in [0, 0.05) is 16.8 Å². The lowest BCUT2D eigenvalue weighted by Crippen LogP contribution is -2.27. The van der Waals surface area contributed by atoms with Gasteiger partial charge in [0.2, 0.25) is 11.7 Å². The van der Waals surface area contributed by atoms with Crippen LogP contribution in [-0.2, 0) is 11.0 Å². The maximum absolute atomic E-state index is 13.0. The molecule has 0 unspecified atom stereocenters. The highest BCUT2D eigenvalue weighted by Crippen LogP contribution is 2.48. The first-order valence-electron chi connectivity index (χ1n) is 10.1. The van der Waals surface area contributed by atoms with E-state index in [0.29, 0.717) is 28.4 Å². The SMILES string of the molecule is COc1cc([C@@H]2SCC(=O)N2c2ccc(Cl)cc2)cc(Cl)c1Oc1ccc(C(F)(F)F)cc1[N+](=O)[O-]. The second-order valence-corrected chi connectivity index (χ2v) is 9.39. The number of amides is 1. The molecule has 0 aromatic heterocycles. The summed E-state index contributed by atoms with van der Waals surface area (Å²) in [7, 11) is 1.31. The summed E-state index contributed by atoms with van der Waals surface area (Å²) < 4.78 is 50.0. The number of rotatable bonds is 6. The first-order chi connectivity index (χ1) is 17.0. The van der Waals surface area contributed by atoms with Crippen molar-refractivity contribution in [3.8, 4) is 17.2 Å². The number of benzene rings is 3. The maximum Gasteiger partial charge on any atom is 0.416 e. The molecule has 0 radical (unpaired) electrons. The van der Waals surface area contributed by atoms with Gasteiger partial charge in [0.25, 0.3) is 0 Å². The Morgan fingerprint density at radius 2 is 1.78 bits per heavy atom. The molecule has 0 bridgehead atoms. The fourth-order valence-electron chi connectivity index (χ4n) is 3.57. The van der Waals surface area contributed by atoms with Crippen LogP contribution in [0.4, 0.5) is 24.5 Å². The number of methoxy groups -OCH3 is 1. The number of anilines is 1. The maximum atomic E-state index is 13.0. The number of halogens is 5. The molecule has 1 aliphatic rings. The van der Waals surface area contributed by atoms with Gasteiger partial charge in [0.15, 0.2) is 11.5 Å². The second-order valence-electron chi connectivity index (χ2n) is 7.48. The molecule has 13 heteroatoms. The number of alkyl halides is 3. The van der Waals surface area contributed by atoms with Crippen molar-refractivity contribution in [2.75, 3.05) is 17.8 Å². The van der Waals surface area contributed by atoms with E-state index < -0.39 is 33.5 Å². The average molecular weight is 559 g/mol. The Bertz CT molecular complexity index is 1340. The van der Waals surface area contributed by atoms with E-state index >= 15 is 0 Å². The Morgan fingerprint density at radius 1 is 1.08 bits per heavy atom. The Labute approximate surface area is 216 Å². The third-order valence-electron chi connectivity index (χ3n) is 5.20. The molecule has 3 aromatic rings. The summed E-state index contributed by atoms with van der Waals surface area (Å²) in [4.78, 5) is 24.7. The van der Waals surface area contributed by atoms with Crippen molar-refractivity contribution in [2.45, 2.75) is 11.6 Å². The monoisotopic (exact) mass is 558 g/mol. The summed E-state index contributed by atoms with van der Waals surface area (Å²) >= 11 is 13.8. The fourth-order valence-corrected chi connectivity index (χ4v) is 5.11. The van der Waals surface area contributed by atoms with Gasteiger partial charge in [-0.2, -0.15) is 13.2 Å². The van der Waals surface area contributed by atoms with Gasteiger partial charge < -0.3 is 9.47 Å². The minimum atomic E-state index is -4.77. The quantitative estimate of drug-likeness (QED) is 0.230. The lowest BCUT2D eigenvalue weighted by molar-refractivity contribution is -0.385. The minimum absolute atomic E-state index is 0.0189. The fraction of sp³-hybridized carbons (Fsp3) is 0.174. The van der Waals surface area contributed by atoms with Crippen LogP contribution in [0.1, 0.15) is 16.5 Å². The predicted molar refractivity (Wildman–Crippen MR) is 130 cm³/mol. The van der Waals surface area contributed by atoms with E-state index in [4.69, 9.17) is 32.7 Å². The van der Waals surface area contributed by atoms with Gasteiger partial charge >= 0.3 is 11.9 Å². The van der Waals surface area contributed by atoms with E-state index in [1.807, 2.05) is 0 Å². The summed E-state index contributed by atoms with van der Waals surface area (Å²) in [5, 5.41) is 11.4. The molecule has 1 aliphatic heterocycles. The van der Waals surface area contributed by atoms with Crippen molar-refractivity contribution >= 4 is 52.2 Å². The highest BCUT2D eigenvalue weighted by Gasteiger charge is 2.36. The number of carbonyl (C=O) groups excluding carboxylic acids is 1. The lowest BCUT2D eigenvalue weighted by atomic mass is 10.1. The van der Waals surface area contributed by atoms with Crippen molar-refractivity contribution in [1.29, 1.82) is 0 Å². The summed E-state index contributed by atoms with van der Waals surface area (Å²) in [5.74, 6) is -0.429. The first kappa shape index (κ1) is 25.9. The summed E-state index contributed by atoms with van der Waals surface area (Å²) in [5.41, 5.74) is -0.884. The molecule has 1 amide bonds. The number of ether oxygens (including phenoxy) is 2. The Morgan fingerprint density at radius 3 is 2.39 bits per heavy atom. The van der Waals surface area contributed by atoms with Crippen LogP contribution in [0.5, 0.6) is 17.2 Å². The topological polar surface area (TPSA) is 81.9 Å². The zero-order valence-corrected chi connectivity index (χ0v) is 20.5. The number of hydrogen-bond donors (Lipinski definition) is 0. The minimum Gasteiger partial charge on any atom is -0.493 e. The van der Waals surface area contributed by atoms with Gasteiger partial charge in [0.05, 0.1) is 28.4 Å². The zero-order valence-electron chi connectivity index (χ0n) is 18.2. The van der Waals surface area contributed by atoms with Crippen LogP contribution in [0.25, 0.3) is 0 Å². The van der Waals surface area contributed by atoms with Crippen LogP contribution in [0, 0.1) is 10.1 Å². The summed E-state index contributed by atoms with van der Waals surface area (Å²) in [6.07, 6.45) is -4.77. The first-order valence-corrected chi connectivity index (χ1v) is 11.9. The molecule has 0 saturated carbocycles. The van der Waals surface area contributed by atoms with E-state index in [2.05, 4.69) is 0 Å². The Hall–Kier alpha value is -3.15. The van der Waals surface area contributed by atoms with Crippen LogP contribution in [0.15, 0.2) is 54.6 Å². The third kappa shape index (κ3) is 5.18. The van der Waals surface area contributed by atoms with Crippen molar-refractivity contribution in [1.82, 2.24) is 0 Å². The van der Waals surface area contributed by atoms with Crippen molar-refractivity contribution < 1.29 is 32.4 Å². The smallest absolute Gasteiger partial charge is 0.416 e. The molecule has 0 N–H and O–H groups in total. The lowest BCUT2D eigenvalue weighted by Gasteiger charge is -2.25. The van der Waals surface area contributed by atoms with Gasteiger partial charge in [-0.05, 0) is 54.1 Å². The molecule has 1 saturated heterocycles. The molecule has 0 aliphatic carbocycles. The predicted octanol–water partition coefficient (Wildman–Crippen LogP) is 7.50. The molecule has 1 fully saturated rings. The Balaban J connectivity index is 1.71. The van der Waals surface area contributed by atoms with Crippen LogP contribution in [-0.4, -0.2) is 23.7 Å². The van der Waals surface area contributed by atoms with Crippen LogP contribution in [0.3, 0.4) is 0 Å². The van der Waals surface area contributed by atoms with Crippen molar-refractivity contribution in [3.05, 3.63) is 85.9 Å². The van der Waals surface area contributed by atoms with Crippen molar-refractivity contribution in [3.63, 3.8) is 0 Å². The van der Waals surface area contributed by atoms with Gasteiger partial charge in [0.1, 0.15) is 5.37 Å². The second kappa shape index (κ2) is 10.1. The molecule has 1 heterocycles. The van der Waals surface area contributed by atoms with E-state index in [-0.39, 0.29) is 28.2 Å². The zero-order chi connectivity index (χ0) is 26.2. The Kier molecular flexibility index (Phi) is 7.26. The molecule has 1 atom stereocenters. The van der Waals surface area contributed by atoms with Gasteiger partial charge in [-0.1, -0.05) is 23.2 Å². The normalized spacial score (nSPS) is 15.8. The van der Waals surface area contributed by atoms with Crippen LogP contribution < -0.4 is 14.4 Å². The van der Waals surface area contributed by atoms with E-state index in [0.717, 1.165) is 6.07 Å². The number of nitro groups is 1. The van der Waals surface area contributed by atoms with Gasteiger partial charge in [-0.25, -0.2) is 0 Å². The van der Waals surface area contributed by atoms with Crippen LogP contribution >= 0.6 is 35.0 Å². The van der Waals surface area contributed by atoms with Gasteiger partial charge in [-0.3, -0.25) is 19.8 Å². The standard InChI is InChI=1S/C23H15Cl2F3N2O5S/c1-34-19-9-12(22-29(20(31)11-36-22)15-5-3-14(24)4-6-15)8-16(25)21(19)35-18-7-2-13(23(26,27)28)10-17(18)30(32)33/h2-10,22H,11H2,1H3/t22-/m0/s1. The molecular formula is C23H15Cl2F3N2O5S. The molecule has 188 valence electrons. The number of thioether (sulfide) groups is 1. The number of carbonyl (C=O) groups is 1. The van der Waals surface area contributed by atoms with Gasteiger partial charge in [-0.15, -0.1) is 11.8 Å². The molecular weight excluding hydrogens is 544 g/mol. The highest BCUT2D eigenvalue weighted by atomic mass is 35.5. The number of nitrogens with zero attached hydrogens (tertiary/aromatic N) is 2. The van der Waals surface area contributed by atoms with E-state index in [1.54, 1.807) is 35.2 Å². The largest absolute Gasteiger partial charge is 0.493 e. The number of nitro benzene ring substituents is 1. The van der Waals surface area contributed by atoms with Crippen LogP contribution in [0.2, 0.25) is 10.0 Å². The molecule has 36 heavy (non-hydrogen) atoms. The molecule has 3 aromatic carbocycles. The molecule has 0 spiro atoms. The average Bonchev–Trinajstić information content (AvgIpc) is 3.21. The van der Waals surface area contributed by atoms with E-state index in [1.165, 1.54) is 24.9 Å². The van der Waals surface area contributed by atoms with Crippen molar-refractivity contribution in [2.24, 2.45) is 0 Å². The summed E-state index contributed by atoms with van der Waals surface area (Å²) in [6, 6.07) is 11.7. The summed E-state index contributed by atoms with van der Waals surface area (Å²) in [6.45, 7) is 0. The molecule has 4 rings (SSSR count). The molecule has 7 nitrogen and oxygen atoms in total. The highest BCUT2D eigenvalue weighted by molar-refractivity contribution is 8.00. The third-order valence-corrected chi connectivity index (χ3v) is 6.95. The number of hydrogen-bond acceptors (Lipinski definition) is 6. The van der Waals surface area contributed by atoms with E-state index in [9.17, 15) is 28.1 Å².